The first-order valence-electron chi connectivity index (χ1n) is 26.0. The van der Waals surface area contributed by atoms with E-state index in [1.807, 2.05) is 0 Å². The lowest BCUT2D eigenvalue weighted by atomic mass is 9.95. The third-order valence-corrected chi connectivity index (χ3v) is 14.3. The van der Waals surface area contributed by atoms with E-state index in [2.05, 4.69) is 243 Å². The second-order valence-corrected chi connectivity index (χ2v) is 22.8. The molecule has 5 heteroatoms. The molecule has 2 aromatic rings. The summed E-state index contributed by atoms with van der Waals surface area (Å²) in [6, 6.07) is 24.4. The number of hydrogen-bond donors (Lipinski definition) is 0. The normalized spacial score (nSPS) is 22.5. The third-order valence-electron chi connectivity index (χ3n) is 14.3. The van der Waals surface area contributed by atoms with Crippen molar-refractivity contribution < 1.29 is 0 Å². The monoisotopic (exact) mass is 912 g/mol. The highest BCUT2D eigenvalue weighted by atomic mass is 15.2. The summed E-state index contributed by atoms with van der Waals surface area (Å²) in [5.74, 6) is 3.69. The molecule has 5 atom stereocenters. The van der Waals surface area contributed by atoms with Crippen LogP contribution in [0.4, 0.5) is 5.69 Å². The van der Waals surface area contributed by atoms with Crippen LogP contribution in [0.15, 0.2) is 85.1 Å². The molecule has 2 aromatic carbocycles. The molecular formula is C61H109N5. The Morgan fingerprint density at radius 3 is 1.45 bits per heavy atom. The molecule has 0 N–H and O–H groups in total. The summed E-state index contributed by atoms with van der Waals surface area (Å²) >= 11 is 0. The van der Waals surface area contributed by atoms with Gasteiger partial charge in [-0.05, 0) is 147 Å². The Kier molecular flexibility index (Phi) is 26.5. The molecule has 5 heterocycles. The maximum Gasteiger partial charge on any atom is 0.0404 e. The molecule has 378 valence electrons. The van der Waals surface area contributed by atoms with Crippen molar-refractivity contribution in [2.24, 2.45) is 29.6 Å². The quantitative estimate of drug-likeness (QED) is 0.220. The highest BCUT2D eigenvalue weighted by molar-refractivity contribution is 5.60. The maximum atomic E-state index is 4.08. The number of para-hydroxylation sites is 1. The Labute approximate surface area is 412 Å². The fraction of sp³-hybridized carbons (Fsp3) is 0.705. The van der Waals surface area contributed by atoms with Crippen molar-refractivity contribution in [1.29, 1.82) is 0 Å². The molecule has 0 saturated carbocycles. The average molecular weight is 913 g/mol. The van der Waals surface area contributed by atoms with E-state index in [0.717, 1.165) is 55.4 Å². The van der Waals surface area contributed by atoms with Crippen molar-refractivity contribution in [3.63, 3.8) is 0 Å². The van der Waals surface area contributed by atoms with Gasteiger partial charge in [0.05, 0.1) is 0 Å². The molecule has 0 amide bonds. The van der Waals surface area contributed by atoms with Gasteiger partial charge in [0, 0.05) is 85.7 Å². The van der Waals surface area contributed by atoms with E-state index < -0.39 is 0 Å². The maximum absolute atomic E-state index is 4.08. The van der Waals surface area contributed by atoms with Crippen LogP contribution in [0, 0.1) is 29.6 Å². The van der Waals surface area contributed by atoms with Gasteiger partial charge in [-0.25, -0.2) is 0 Å². The molecule has 0 spiro atoms. The standard InChI is InChI=1S/2C14H21N.C11H21N.2C10H19N.2CH4/c1-10(2)14-13-8-6-5-7-12(13)9-15(14)11(3)4;1-10(2)14-9-12-7-5-6-8-13(12)15(14)11(3)4;1-8(2)11-6-10(5)7-12(11)9(3)4;2*1-8(2)10-6-5-7-11(10)9(3)4;;/h2*5-8,10-11,14H,9H2,1-4H3;8-9,11H,5-7H2,1-4H3;5,7-10H,6H2,1-4H3;5-6,8-10H,7H2,1-4H3;2*1H4/t2*14-;11-;10-;;;/m1000.../s1. The first kappa shape index (κ1) is 61.2. The molecule has 0 radical (unpaired) electrons. The van der Waals surface area contributed by atoms with Crippen LogP contribution in [0.3, 0.4) is 0 Å². The molecule has 0 aromatic heterocycles. The molecule has 0 bridgehead atoms. The molecule has 66 heavy (non-hydrogen) atoms. The van der Waals surface area contributed by atoms with E-state index in [4.69, 9.17) is 0 Å². The SMILES string of the molecule is C.C.C=C1C[C@@H](C(C)C)N(C(C)C)C1.CC(C)C1C=CCN1C(C)C.CC(C)[C@@H]1CC=CN1C(C)C.CC(C)[C@@H]1Cc2ccccc2N1C(C)C.CC(C)[C@@H]1c2ccccc2CN1C(C)C. The van der Waals surface area contributed by atoms with Crippen molar-refractivity contribution in [3.8, 4) is 0 Å². The Morgan fingerprint density at radius 1 is 0.485 bits per heavy atom. The first-order chi connectivity index (χ1) is 30.0. The van der Waals surface area contributed by atoms with E-state index in [1.165, 1.54) is 41.6 Å². The zero-order chi connectivity index (χ0) is 48.2. The predicted molar refractivity (Wildman–Crippen MR) is 298 cm³/mol. The van der Waals surface area contributed by atoms with Crippen LogP contribution < -0.4 is 4.90 Å². The lowest BCUT2D eigenvalue weighted by molar-refractivity contribution is 0.132. The van der Waals surface area contributed by atoms with Crippen molar-refractivity contribution in [2.75, 3.05) is 18.0 Å². The van der Waals surface area contributed by atoms with Crippen molar-refractivity contribution in [2.45, 2.75) is 240 Å². The zero-order valence-corrected chi connectivity index (χ0v) is 45.3. The number of nitrogens with zero attached hydrogens (tertiary/aromatic N) is 5. The molecule has 1 unspecified atom stereocenters. The topological polar surface area (TPSA) is 16.2 Å². The summed E-state index contributed by atoms with van der Waals surface area (Å²) < 4.78 is 0. The van der Waals surface area contributed by atoms with Gasteiger partial charge in [-0.2, -0.15) is 0 Å². The van der Waals surface area contributed by atoms with Gasteiger partial charge in [0.2, 0.25) is 0 Å². The number of rotatable bonds is 10. The highest BCUT2D eigenvalue weighted by Crippen LogP contribution is 2.40. The van der Waals surface area contributed by atoms with Crippen molar-refractivity contribution >= 4 is 5.69 Å². The van der Waals surface area contributed by atoms with E-state index in [9.17, 15) is 0 Å². The molecule has 0 aliphatic carbocycles. The number of likely N-dealkylation sites (tertiary alicyclic amines) is 1. The fourth-order valence-corrected chi connectivity index (χ4v) is 10.8. The Bertz CT molecular complexity index is 1590. The van der Waals surface area contributed by atoms with Gasteiger partial charge in [-0.3, -0.25) is 14.7 Å². The van der Waals surface area contributed by atoms with Gasteiger partial charge < -0.3 is 9.80 Å². The minimum absolute atomic E-state index is 0. The Hall–Kier alpha value is -2.86. The molecule has 5 aliphatic rings. The molecule has 7 rings (SSSR count). The van der Waals surface area contributed by atoms with Gasteiger partial charge in [0.15, 0.2) is 0 Å². The average Bonchev–Trinajstić information content (AvgIpc) is 4.06. The lowest BCUT2D eigenvalue weighted by Crippen LogP contribution is -2.40. The number of anilines is 1. The molecule has 1 fully saturated rings. The molecule has 5 nitrogen and oxygen atoms in total. The third kappa shape index (κ3) is 16.7. The summed E-state index contributed by atoms with van der Waals surface area (Å²) in [4.78, 5) is 12.7. The van der Waals surface area contributed by atoms with Crippen molar-refractivity contribution in [3.05, 3.63) is 102 Å². The number of benzene rings is 2. The first-order valence-corrected chi connectivity index (χ1v) is 26.0. The van der Waals surface area contributed by atoms with E-state index in [0.29, 0.717) is 54.3 Å². The molecule has 1 saturated heterocycles. The lowest BCUT2D eigenvalue weighted by Gasteiger charge is -2.34. The summed E-state index contributed by atoms with van der Waals surface area (Å²) in [5, 5.41) is 0. The van der Waals surface area contributed by atoms with Crippen molar-refractivity contribution in [1.82, 2.24) is 19.6 Å². The van der Waals surface area contributed by atoms with Crippen LogP contribution in [0.5, 0.6) is 0 Å². The Morgan fingerprint density at radius 2 is 1.02 bits per heavy atom. The van der Waals surface area contributed by atoms with E-state index in [-0.39, 0.29) is 14.9 Å². The minimum atomic E-state index is 0. The van der Waals surface area contributed by atoms with E-state index in [1.54, 1.807) is 5.56 Å². The van der Waals surface area contributed by atoms with Crippen LogP contribution in [0.1, 0.15) is 189 Å². The van der Waals surface area contributed by atoms with Gasteiger partial charge in [-0.15, -0.1) is 0 Å². The van der Waals surface area contributed by atoms with E-state index >= 15 is 0 Å². The summed E-state index contributed by atoms with van der Waals surface area (Å²) in [5.41, 5.74) is 7.43. The Balaban J connectivity index is 0.000000412. The summed E-state index contributed by atoms with van der Waals surface area (Å²) in [6.07, 6.45) is 12.8. The van der Waals surface area contributed by atoms with Gasteiger partial charge in [0.25, 0.3) is 0 Å². The predicted octanol–water partition coefficient (Wildman–Crippen LogP) is 16.0. The van der Waals surface area contributed by atoms with Crippen LogP contribution in [-0.2, 0) is 13.0 Å². The van der Waals surface area contributed by atoms with Crippen LogP contribution in [0.25, 0.3) is 0 Å². The molecule has 5 aliphatic heterocycles. The minimum Gasteiger partial charge on any atom is -0.372 e. The smallest absolute Gasteiger partial charge is 0.0404 e. The van der Waals surface area contributed by atoms with Crippen LogP contribution >= 0.6 is 0 Å². The number of fused-ring (bicyclic) bond motifs is 2. The van der Waals surface area contributed by atoms with Gasteiger partial charge in [0.1, 0.15) is 0 Å². The summed E-state index contributed by atoms with van der Waals surface area (Å²) in [6.45, 7) is 53.3. The van der Waals surface area contributed by atoms with Crippen LogP contribution in [0.2, 0.25) is 0 Å². The highest BCUT2D eigenvalue weighted by Gasteiger charge is 2.34. The zero-order valence-electron chi connectivity index (χ0n) is 45.3. The van der Waals surface area contributed by atoms with Crippen LogP contribution in [-0.4, -0.2) is 87.1 Å². The second kappa shape index (κ2) is 28.6. The second-order valence-electron chi connectivity index (χ2n) is 22.8. The van der Waals surface area contributed by atoms with Gasteiger partial charge in [-0.1, -0.05) is 157 Å². The van der Waals surface area contributed by atoms with Gasteiger partial charge >= 0.3 is 0 Å². The fourth-order valence-electron chi connectivity index (χ4n) is 10.8. The largest absolute Gasteiger partial charge is 0.372 e. The summed E-state index contributed by atoms with van der Waals surface area (Å²) in [7, 11) is 0. The molecular weight excluding hydrogens is 803 g/mol. The number of hydrogen-bond acceptors (Lipinski definition) is 5.